The zero-order valence-corrected chi connectivity index (χ0v) is 7.97. The predicted octanol–water partition coefficient (Wildman–Crippen LogP) is 2.63. The number of nitrogens with zero attached hydrogens (tertiary/aromatic N) is 1. The lowest BCUT2D eigenvalue weighted by molar-refractivity contribution is 0.316. The lowest BCUT2D eigenvalue weighted by Gasteiger charge is -2.02. The summed E-state index contributed by atoms with van der Waals surface area (Å²) in [6, 6.07) is 3.76. The highest BCUT2D eigenvalue weighted by Crippen LogP contribution is 2.12. The monoisotopic (exact) mass is 215 g/mol. The first kappa shape index (κ1) is 8.53. The van der Waals surface area contributed by atoms with Gasteiger partial charge in [-0.1, -0.05) is 6.92 Å². The maximum atomic E-state index is 5.33. The number of pyridine rings is 1. The van der Waals surface area contributed by atoms with Gasteiger partial charge in [0.2, 0.25) is 0 Å². The minimum Gasteiger partial charge on any atom is -0.492 e. The molecule has 0 aliphatic heterocycles. The topological polar surface area (TPSA) is 22.1 Å². The molecule has 1 aromatic rings. The van der Waals surface area contributed by atoms with Gasteiger partial charge in [0.1, 0.15) is 10.4 Å². The molecule has 0 fully saturated rings. The third-order valence-electron chi connectivity index (χ3n) is 1.17. The molecule has 0 aromatic carbocycles. The zero-order valence-electron chi connectivity index (χ0n) is 6.38. The van der Waals surface area contributed by atoms with Gasteiger partial charge in [-0.25, -0.2) is 4.98 Å². The Bertz CT molecular complexity index is 210. The molecule has 3 heteroatoms. The van der Waals surface area contributed by atoms with Crippen molar-refractivity contribution in [3.05, 3.63) is 22.9 Å². The summed E-state index contributed by atoms with van der Waals surface area (Å²) in [6.07, 6.45) is 2.73. The van der Waals surface area contributed by atoms with E-state index in [0.29, 0.717) is 0 Å². The van der Waals surface area contributed by atoms with Crippen LogP contribution in [0, 0.1) is 0 Å². The minimum atomic E-state index is 0.753. The van der Waals surface area contributed by atoms with E-state index in [1.165, 1.54) is 0 Å². The van der Waals surface area contributed by atoms with Crippen LogP contribution in [0.2, 0.25) is 0 Å². The molecule has 0 aliphatic rings. The highest BCUT2D eigenvalue weighted by atomic mass is 79.9. The average molecular weight is 216 g/mol. The van der Waals surface area contributed by atoms with Crippen molar-refractivity contribution in [2.75, 3.05) is 6.61 Å². The minimum absolute atomic E-state index is 0.753. The largest absolute Gasteiger partial charge is 0.492 e. The zero-order chi connectivity index (χ0) is 8.10. The van der Waals surface area contributed by atoms with E-state index in [2.05, 4.69) is 27.8 Å². The van der Waals surface area contributed by atoms with Crippen LogP contribution in [0.5, 0.6) is 5.75 Å². The van der Waals surface area contributed by atoms with Crippen molar-refractivity contribution >= 4 is 15.9 Å². The van der Waals surface area contributed by atoms with Gasteiger partial charge in [0.15, 0.2) is 0 Å². The maximum Gasteiger partial charge on any atom is 0.137 e. The normalized spacial score (nSPS) is 9.64. The summed E-state index contributed by atoms with van der Waals surface area (Å²) in [4.78, 5) is 4.02. The Morgan fingerprint density at radius 1 is 1.55 bits per heavy atom. The molecule has 0 saturated carbocycles. The summed E-state index contributed by atoms with van der Waals surface area (Å²) in [6.45, 7) is 2.83. The smallest absolute Gasteiger partial charge is 0.137 e. The number of hydrogen-bond donors (Lipinski definition) is 0. The van der Waals surface area contributed by atoms with Crippen molar-refractivity contribution in [1.82, 2.24) is 4.98 Å². The number of aromatic nitrogens is 1. The number of halogens is 1. The fraction of sp³-hybridized carbons (Fsp3) is 0.375. The molecule has 0 N–H and O–H groups in total. The van der Waals surface area contributed by atoms with Gasteiger partial charge in [0.25, 0.3) is 0 Å². The molecule has 0 atom stereocenters. The summed E-state index contributed by atoms with van der Waals surface area (Å²) in [5.41, 5.74) is 0. The van der Waals surface area contributed by atoms with Crippen LogP contribution in [0.3, 0.4) is 0 Å². The van der Waals surface area contributed by atoms with Gasteiger partial charge in [-0.2, -0.15) is 0 Å². The van der Waals surface area contributed by atoms with E-state index in [0.717, 1.165) is 23.4 Å². The van der Waals surface area contributed by atoms with Gasteiger partial charge in [0, 0.05) is 0 Å². The Kier molecular flexibility index (Phi) is 3.36. The first-order chi connectivity index (χ1) is 5.33. The summed E-state index contributed by atoms with van der Waals surface area (Å²) in [5.74, 6) is 0.829. The van der Waals surface area contributed by atoms with Gasteiger partial charge in [-0.3, -0.25) is 0 Å². The second-order valence-corrected chi connectivity index (χ2v) is 2.98. The quantitative estimate of drug-likeness (QED) is 0.724. The highest BCUT2D eigenvalue weighted by Gasteiger charge is 1.91. The molecular formula is C8H10BrNO. The van der Waals surface area contributed by atoms with E-state index in [9.17, 15) is 0 Å². The van der Waals surface area contributed by atoms with Crippen molar-refractivity contribution in [2.45, 2.75) is 13.3 Å². The van der Waals surface area contributed by atoms with Crippen molar-refractivity contribution in [1.29, 1.82) is 0 Å². The lowest BCUT2D eigenvalue weighted by Crippen LogP contribution is -1.94. The SMILES string of the molecule is CCCOc1ccc(Br)nc1. The van der Waals surface area contributed by atoms with Crippen LogP contribution in [0.1, 0.15) is 13.3 Å². The molecule has 2 nitrogen and oxygen atoms in total. The Morgan fingerprint density at radius 2 is 2.36 bits per heavy atom. The van der Waals surface area contributed by atoms with Crippen LogP contribution in [0.15, 0.2) is 22.9 Å². The van der Waals surface area contributed by atoms with Gasteiger partial charge in [-0.05, 0) is 34.5 Å². The molecule has 11 heavy (non-hydrogen) atoms. The molecule has 1 heterocycles. The molecule has 1 aromatic heterocycles. The molecular weight excluding hydrogens is 206 g/mol. The molecule has 60 valence electrons. The second-order valence-electron chi connectivity index (χ2n) is 2.17. The average Bonchev–Trinajstić information content (AvgIpc) is 2.04. The van der Waals surface area contributed by atoms with Crippen molar-refractivity contribution in [3.8, 4) is 5.75 Å². The van der Waals surface area contributed by atoms with Crippen LogP contribution >= 0.6 is 15.9 Å². The molecule has 0 unspecified atom stereocenters. The van der Waals surface area contributed by atoms with Crippen LogP contribution in [0.4, 0.5) is 0 Å². The summed E-state index contributed by atoms with van der Waals surface area (Å²) in [7, 11) is 0. The molecule has 0 aliphatic carbocycles. The Labute approximate surface area is 74.7 Å². The Morgan fingerprint density at radius 3 is 2.91 bits per heavy atom. The molecule has 1 rings (SSSR count). The van der Waals surface area contributed by atoms with Crippen LogP contribution in [0.25, 0.3) is 0 Å². The van der Waals surface area contributed by atoms with E-state index in [-0.39, 0.29) is 0 Å². The van der Waals surface area contributed by atoms with Crippen molar-refractivity contribution < 1.29 is 4.74 Å². The summed E-state index contributed by atoms with van der Waals surface area (Å²) >= 11 is 3.25. The standard InChI is InChI=1S/C8H10BrNO/c1-2-5-11-7-3-4-8(9)10-6-7/h3-4,6H,2,5H2,1H3. The first-order valence-corrected chi connectivity index (χ1v) is 4.36. The van der Waals surface area contributed by atoms with E-state index in [1.54, 1.807) is 6.20 Å². The van der Waals surface area contributed by atoms with Gasteiger partial charge in [0.05, 0.1) is 12.8 Å². The molecule has 0 amide bonds. The fourth-order valence-corrected chi connectivity index (χ4v) is 0.902. The second kappa shape index (κ2) is 4.34. The van der Waals surface area contributed by atoms with Crippen LogP contribution < -0.4 is 4.74 Å². The van der Waals surface area contributed by atoms with Gasteiger partial charge < -0.3 is 4.74 Å². The Hall–Kier alpha value is -0.570. The molecule has 0 spiro atoms. The van der Waals surface area contributed by atoms with Crippen molar-refractivity contribution in [2.24, 2.45) is 0 Å². The lowest BCUT2D eigenvalue weighted by atomic mass is 10.4. The number of rotatable bonds is 3. The first-order valence-electron chi connectivity index (χ1n) is 3.57. The molecule has 0 saturated heterocycles. The van der Waals surface area contributed by atoms with E-state index >= 15 is 0 Å². The fourth-order valence-electron chi connectivity index (χ4n) is 0.668. The Balaban J connectivity index is 2.52. The van der Waals surface area contributed by atoms with E-state index < -0.39 is 0 Å². The number of hydrogen-bond acceptors (Lipinski definition) is 2. The molecule has 0 bridgehead atoms. The van der Waals surface area contributed by atoms with E-state index in [4.69, 9.17) is 4.74 Å². The van der Waals surface area contributed by atoms with Gasteiger partial charge >= 0.3 is 0 Å². The number of ether oxygens (including phenoxy) is 1. The summed E-state index contributed by atoms with van der Waals surface area (Å²) < 4.78 is 6.16. The van der Waals surface area contributed by atoms with Gasteiger partial charge in [-0.15, -0.1) is 0 Å². The third-order valence-corrected chi connectivity index (χ3v) is 1.64. The molecule has 0 radical (unpaired) electrons. The predicted molar refractivity (Wildman–Crippen MR) is 47.7 cm³/mol. The van der Waals surface area contributed by atoms with E-state index in [1.807, 2.05) is 12.1 Å². The summed E-state index contributed by atoms with van der Waals surface area (Å²) in [5, 5.41) is 0. The van der Waals surface area contributed by atoms with Crippen LogP contribution in [-0.2, 0) is 0 Å². The maximum absolute atomic E-state index is 5.33. The van der Waals surface area contributed by atoms with Crippen molar-refractivity contribution in [3.63, 3.8) is 0 Å². The highest BCUT2D eigenvalue weighted by molar-refractivity contribution is 9.10. The third kappa shape index (κ3) is 2.89. The van der Waals surface area contributed by atoms with Crippen LogP contribution in [-0.4, -0.2) is 11.6 Å².